The number of nitrogens with one attached hydrogen (secondary N) is 1. The summed E-state index contributed by atoms with van der Waals surface area (Å²) >= 11 is 0. The second kappa shape index (κ2) is 5.31. The normalized spacial score (nSPS) is 12.1. The van der Waals surface area contributed by atoms with Crippen molar-refractivity contribution in [2.24, 2.45) is 0 Å². The van der Waals surface area contributed by atoms with Gasteiger partial charge in [-0.05, 0) is 6.92 Å². The Morgan fingerprint density at radius 2 is 2.44 bits per heavy atom. The Kier molecular flexibility index (Phi) is 4.82. The van der Waals surface area contributed by atoms with Crippen LogP contribution in [0.25, 0.3) is 0 Å². The summed E-state index contributed by atoms with van der Waals surface area (Å²) in [6.45, 7) is 7.27. The summed E-state index contributed by atoms with van der Waals surface area (Å²) in [5, 5.41) is 2.32. The summed E-state index contributed by atoms with van der Waals surface area (Å²) < 4.78 is 4.86. The van der Waals surface area contributed by atoms with Crippen LogP contribution in [-0.2, 0) is 9.53 Å². The van der Waals surface area contributed by atoms with E-state index in [4.69, 9.17) is 4.74 Å². The Morgan fingerprint density at radius 3 is 2.89 bits per heavy atom. The first kappa shape index (κ1) is 8.17. The van der Waals surface area contributed by atoms with Crippen molar-refractivity contribution in [2.45, 2.75) is 6.23 Å². The van der Waals surface area contributed by atoms with Crippen molar-refractivity contribution >= 4 is 6.41 Å². The predicted octanol–water partition coefficient (Wildman–Crippen LogP) is 0.0952. The largest absolute Gasteiger partial charge is 0.354 e. The van der Waals surface area contributed by atoms with Gasteiger partial charge in [0.1, 0.15) is 6.23 Å². The fourth-order valence-corrected chi connectivity index (χ4v) is 0.308. The van der Waals surface area contributed by atoms with Gasteiger partial charge in [-0.15, -0.1) is 6.58 Å². The molecule has 0 saturated carbocycles. The predicted molar refractivity (Wildman–Crippen MR) is 34.5 cm³/mol. The Bertz CT molecular complexity index is 93.1. The third-order valence-corrected chi connectivity index (χ3v) is 0.669. The number of carbonyl (C=O) groups is 1. The van der Waals surface area contributed by atoms with Crippen molar-refractivity contribution in [3.63, 3.8) is 0 Å². The Labute approximate surface area is 54.7 Å². The van der Waals surface area contributed by atoms with Crippen molar-refractivity contribution in [2.75, 3.05) is 6.61 Å². The van der Waals surface area contributed by atoms with E-state index in [0.29, 0.717) is 13.0 Å². The molecule has 0 aromatic heterocycles. The molecule has 0 rings (SSSR count). The molecule has 0 aromatic rings. The number of hydrogen-bond acceptors (Lipinski definition) is 2. The van der Waals surface area contributed by atoms with Crippen LogP contribution in [0.2, 0.25) is 0 Å². The minimum Gasteiger partial charge on any atom is -0.354 e. The number of carbonyl (C=O) groups excluding carboxylic acids is 1. The Hall–Kier alpha value is -0.830. The molecule has 0 spiro atoms. The van der Waals surface area contributed by atoms with Gasteiger partial charge in [0.15, 0.2) is 0 Å². The molecule has 9 heavy (non-hydrogen) atoms. The molecule has 3 heteroatoms. The molecule has 0 aliphatic carbocycles. The van der Waals surface area contributed by atoms with Crippen LogP contribution in [0.5, 0.6) is 0 Å². The monoisotopic (exact) mass is 128 g/mol. The molecule has 1 amide bonds. The first-order valence-electron chi connectivity index (χ1n) is 2.56. The van der Waals surface area contributed by atoms with E-state index in [2.05, 4.69) is 18.8 Å². The quantitative estimate of drug-likeness (QED) is 0.324. The topological polar surface area (TPSA) is 38.3 Å². The minimum absolute atomic E-state index is 0.398. The lowest BCUT2D eigenvalue weighted by atomic mass is 10.6. The van der Waals surface area contributed by atoms with E-state index >= 15 is 0 Å². The average molecular weight is 128 g/mol. The molecule has 0 aliphatic heterocycles. The molecule has 1 unspecified atom stereocenters. The number of amides is 1. The van der Waals surface area contributed by atoms with E-state index in [9.17, 15) is 4.79 Å². The van der Waals surface area contributed by atoms with E-state index < -0.39 is 6.23 Å². The molecule has 51 valence electrons. The lowest BCUT2D eigenvalue weighted by Gasteiger charge is -2.08. The summed E-state index contributed by atoms with van der Waals surface area (Å²) in [7, 11) is 0. The standard InChI is InChI=1S/C6H10NO2/c1-3-4-9-6(2)7-5-8/h3,5-6H,1-2,4H2,(H,7,8). The average Bonchev–Trinajstić information content (AvgIpc) is 1.85. The fraction of sp³-hybridized carbons (Fsp3) is 0.333. The van der Waals surface area contributed by atoms with Crippen LogP contribution in [0.15, 0.2) is 12.7 Å². The first-order chi connectivity index (χ1) is 4.31. The highest BCUT2D eigenvalue weighted by Gasteiger charge is 1.94. The Balaban J connectivity index is 3.14. The van der Waals surface area contributed by atoms with Gasteiger partial charge >= 0.3 is 0 Å². The third kappa shape index (κ3) is 5.03. The molecule has 0 saturated heterocycles. The van der Waals surface area contributed by atoms with Gasteiger partial charge in [-0.1, -0.05) is 6.08 Å². The SMILES string of the molecule is [CH2]C(NC=O)OCC=C. The zero-order valence-corrected chi connectivity index (χ0v) is 5.17. The molecular formula is C6H10NO2. The smallest absolute Gasteiger partial charge is 0.209 e. The van der Waals surface area contributed by atoms with Gasteiger partial charge in [-0.25, -0.2) is 0 Å². The molecule has 3 nitrogen and oxygen atoms in total. The van der Waals surface area contributed by atoms with Crippen LogP contribution < -0.4 is 5.32 Å². The second-order valence-electron chi connectivity index (χ2n) is 1.40. The molecule has 1 N–H and O–H groups in total. The number of rotatable bonds is 5. The fourth-order valence-electron chi connectivity index (χ4n) is 0.308. The van der Waals surface area contributed by atoms with E-state index in [1.807, 2.05) is 0 Å². The van der Waals surface area contributed by atoms with Crippen molar-refractivity contribution in [3.8, 4) is 0 Å². The van der Waals surface area contributed by atoms with Gasteiger partial charge in [0.2, 0.25) is 6.41 Å². The third-order valence-electron chi connectivity index (χ3n) is 0.669. The molecule has 0 fully saturated rings. The first-order valence-corrected chi connectivity index (χ1v) is 2.56. The second-order valence-corrected chi connectivity index (χ2v) is 1.40. The van der Waals surface area contributed by atoms with E-state index in [-0.39, 0.29) is 0 Å². The lowest BCUT2D eigenvalue weighted by Crippen LogP contribution is -2.27. The maximum Gasteiger partial charge on any atom is 0.209 e. The van der Waals surface area contributed by atoms with Crippen LogP contribution in [0, 0.1) is 6.92 Å². The highest BCUT2D eigenvalue weighted by Crippen LogP contribution is 1.81. The molecule has 1 radical (unpaired) electrons. The van der Waals surface area contributed by atoms with Crippen LogP contribution in [0.3, 0.4) is 0 Å². The van der Waals surface area contributed by atoms with Crippen molar-refractivity contribution in [1.82, 2.24) is 5.32 Å². The molecule has 0 aliphatic rings. The van der Waals surface area contributed by atoms with E-state index in [1.165, 1.54) is 0 Å². The van der Waals surface area contributed by atoms with Crippen molar-refractivity contribution < 1.29 is 9.53 Å². The number of ether oxygens (including phenoxy) is 1. The zero-order valence-electron chi connectivity index (χ0n) is 5.17. The van der Waals surface area contributed by atoms with Gasteiger partial charge in [0, 0.05) is 0 Å². The van der Waals surface area contributed by atoms with E-state index in [1.54, 1.807) is 6.08 Å². The Morgan fingerprint density at radius 1 is 1.78 bits per heavy atom. The molecular weight excluding hydrogens is 118 g/mol. The lowest BCUT2D eigenvalue weighted by molar-refractivity contribution is -0.112. The zero-order chi connectivity index (χ0) is 7.11. The van der Waals surface area contributed by atoms with Crippen molar-refractivity contribution in [3.05, 3.63) is 19.6 Å². The van der Waals surface area contributed by atoms with E-state index in [0.717, 1.165) is 0 Å². The minimum atomic E-state index is -0.472. The van der Waals surface area contributed by atoms with Gasteiger partial charge in [0.25, 0.3) is 0 Å². The molecule has 0 heterocycles. The van der Waals surface area contributed by atoms with Gasteiger partial charge in [-0.3, -0.25) is 4.79 Å². The highest BCUT2D eigenvalue weighted by molar-refractivity contribution is 5.46. The molecule has 0 aromatic carbocycles. The van der Waals surface area contributed by atoms with Gasteiger partial charge in [-0.2, -0.15) is 0 Å². The highest BCUT2D eigenvalue weighted by atomic mass is 16.5. The van der Waals surface area contributed by atoms with Crippen LogP contribution in [0.1, 0.15) is 0 Å². The summed E-state index contributed by atoms with van der Waals surface area (Å²) in [4.78, 5) is 9.72. The summed E-state index contributed by atoms with van der Waals surface area (Å²) in [5.41, 5.74) is 0. The number of hydrogen-bond donors (Lipinski definition) is 1. The maximum atomic E-state index is 9.72. The molecule has 0 bridgehead atoms. The van der Waals surface area contributed by atoms with Crippen LogP contribution >= 0.6 is 0 Å². The van der Waals surface area contributed by atoms with Gasteiger partial charge < -0.3 is 10.1 Å². The summed E-state index contributed by atoms with van der Waals surface area (Å²) in [5.74, 6) is 0. The van der Waals surface area contributed by atoms with Crippen LogP contribution in [-0.4, -0.2) is 19.2 Å². The summed E-state index contributed by atoms with van der Waals surface area (Å²) in [6.07, 6.45) is 1.66. The maximum absolute atomic E-state index is 9.72. The van der Waals surface area contributed by atoms with Crippen LogP contribution in [0.4, 0.5) is 0 Å². The van der Waals surface area contributed by atoms with Crippen molar-refractivity contribution in [1.29, 1.82) is 0 Å². The van der Waals surface area contributed by atoms with Gasteiger partial charge in [0.05, 0.1) is 6.61 Å². The summed E-state index contributed by atoms with van der Waals surface area (Å²) in [6, 6.07) is 0. The molecule has 1 atom stereocenters.